The van der Waals surface area contributed by atoms with Gasteiger partial charge in [0.05, 0.1) is 0 Å². The molecule has 0 saturated heterocycles. The van der Waals surface area contributed by atoms with Crippen LogP contribution in [0, 0.1) is 6.92 Å². The van der Waals surface area contributed by atoms with Gasteiger partial charge < -0.3 is 0 Å². The molecule has 0 amide bonds. The number of hydrogen-bond acceptors (Lipinski definition) is 0. The Balaban J connectivity index is 2.55. The van der Waals surface area contributed by atoms with Gasteiger partial charge in [0.1, 0.15) is 0 Å². The summed E-state index contributed by atoms with van der Waals surface area (Å²) in [7, 11) is 0. The van der Waals surface area contributed by atoms with E-state index in [1.165, 1.54) is 22.0 Å². The second-order valence-electron chi connectivity index (χ2n) is 3.89. The number of hydrogen-bond donors (Lipinski definition) is 0. The molecule has 0 N–H and O–H groups in total. The molecule has 2 heterocycles. The van der Waals surface area contributed by atoms with E-state index >= 15 is 0 Å². The maximum Gasteiger partial charge on any atom is 0.218 e. The van der Waals surface area contributed by atoms with Gasteiger partial charge in [-0.3, -0.25) is 0 Å². The lowest BCUT2D eigenvalue weighted by atomic mass is 10.2. The summed E-state index contributed by atoms with van der Waals surface area (Å²) in [5.41, 5.74) is 3.80. The maximum absolute atomic E-state index is 2.22. The topological polar surface area (TPSA) is 4.10 Å². The van der Waals surface area contributed by atoms with Gasteiger partial charge in [-0.25, -0.2) is 0 Å². The monoisotopic (exact) mass is 194 g/mol. The first-order valence-electron chi connectivity index (χ1n) is 5.14. The van der Waals surface area contributed by atoms with Crippen LogP contribution in [0.15, 0.2) is 54.7 Å². The number of nitrogens with zero attached hydrogens (tertiary/aromatic N) is 1. The van der Waals surface area contributed by atoms with Gasteiger partial charge in [-0.15, -0.1) is 0 Å². The van der Waals surface area contributed by atoms with E-state index in [1.54, 1.807) is 0 Å². The first-order chi connectivity index (χ1) is 7.34. The van der Waals surface area contributed by atoms with Gasteiger partial charge in [-0.1, -0.05) is 12.1 Å². The molecule has 0 radical (unpaired) electrons. The largest absolute Gasteiger partial charge is 0.218 e. The van der Waals surface area contributed by atoms with E-state index in [2.05, 4.69) is 66.1 Å². The fourth-order valence-corrected chi connectivity index (χ4v) is 2.00. The van der Waals surface area contributed by atoms with Crippen LogP contribution in [0.3, 0.4) is 0 Å². The van der Waals surface area contributed by atoms with Crippen molar-refractivity contribution in [1.82, 2.24) is 0 Å². The predicted molar refractivity (Wildman–Crippen MR) is 61.8 cm³/mol. The van der Waals surface area contributed by atoms with Gasteiger partial charge in [-0.05, 0) is 24.6 Å². The van der Waals surface area contributed by atoms with Crippen LogP contribution in [0.1, 0.15) is 5.56 Å². The molecule has 0 unspecified atom stereocenters. The molecule has 0 fully saturated rings. The van der Waals surface area contributed by atoms with Crippen molar-refractivity contribution in [2.24, 2.45) is 0 Å². The number of benzene rings is 1. The summed E-state index contributed by atoms with van der Waals surface area (Å²) in [6, 6.07) is 17.1. The third-order valence-corrected chi connectivity index (χ3v) is 2.77. The van der Waals surface area contributed by atoms with Gasteiger partial charge in [0, 0.05) is 29.7 Å². The predicted octanol–water partition coefficient (Wildman–Crippen LogP) is 2.89. The molecule has 3 aromatic rings. The zero-order chi connectivity index (χ0) is 10.3. The van der Waals surface area contributed by atoms with Crippen LogP contribution >= 0.6 is 0 Å². The SMILES string of the molecule is Cc1cc[n+]2c(ccc3ccccc32)c1. The number of rotatable bonds is 0. The van der Waals surface area contributed by atoms with Crippen LogP contribution in [0.25, 0.3) is 16.4 Å². The lowest BCUT2D eigenvalue weighted by Gasteiger charge is -1.97. The molecule has 2 aromatic heterocycles. The standard InChI is InChI=1S/C14H12N/c1-11-8-9-15-13(10-11)7-6-12-4-2-3-5-14(12)15/h2-10H,1H3/q+1. The lowest BCUT2D eigenvalue weighted by Crippen LogP contribution is -2.22. The van der Waals surface area contributed by atoms with Gasteiger partial charge >= 0.3 is 0 Å². The van der Waals surface area contributed by atoms with E-state index in [1.807, 2.05) is 0 Å². The van der Waals surface area contributed by atoms with Crippen molar-refractivity contribution in [3.63, 3.8) is 0 Å². The minimum Gasteiger partial charge on any atom is -0.160 e. The van der Waals surface area contributed by atoms with E-state index < -0.39 is 0 Å². The first kappa shape index (κ1) is 8.42. The van der Waals surface area contributed by atoms with Gasteiger partial charge in [0.15, 0.2) is 6.20 Å². The van der Waals surface area contributed by atoms with E-state index in [-0.39, 0.29) is 0 Å². The summed E-state index contributed by atoms with van der Waals surface area (Å²) in [5, 5.41) is 1.28. The van der Waals surface area contributed by atoms with Gasteiger partial charge in [0.25, 0.3) is 0 Å². The summed E-state index contributed by atoms with van der Waals surface area (Å²) in [6.07, 6.45) is 2.13. The number of aromatic nitrogens is 1. The highest BCUT2D eigenvalue weighted by Crippen LogP contribution is 2.11. The molecule has 0 aliphatic rings. The fraction of sp³-hybridized carbons (Fsp3) is 0.0714. The molecule has 0 aliphatic carbocycles. The number of pyridine rings is 2. The van der Waals surface area contributed by atoms with Crippen molar-refractivity contribution in [3.05, 3.63) is 60.3 Å². The molecule has 15 heavy (non-hydrogen) atoms. The lowest BCUT2D eigenvalue weighted by molar-refractivity contribution is -0.481. The van der Waals surface area contributed by atoms with Crippen LogP contribution in [0.2, 0.25) is 0 Å². The van der Waals surface area contributed by atoms with Crippen LogP contribution in [-0.2, 0) is 0 Å². The van der Waals surface area contributed by atoms with E-state index in [4.69, 9.17) is 0 Å². The first-order valence-corrected chi connectivity index (χ1v) is 5.14. The molecule has 1 nitrogen and oxygen atoms in total. The highest BCUT2D eigenvalue weighted by atomic mass is 14.9. The molecule has 3 rings (SSSR count). The Hall–Kier alpha value is -1.89. The maximum atomic E-state index is 2.22. The van der Waals surface area contributed by atoms with Crippen molar-refractivity contribution < 1.29 is 4.40 Å². The smallest absolute Gasteiger partial charge is 0.160 e. The van der Waals surface area contributed by atoms with Crippen LogP contribution < -0.4 is 4.40 Å². The highest BCUT2D eigenvalue weighted by molar-refractivity contribution is 5.77. The Morgan fingerprint density at radius 2 is 1.80 bits per heavy atom. The van der Waals surface area contributed by atoms with Gasteiger partial charge in [0.2, 0.25) is 11.0 Å². The van der Waals surface area contributed by atoms with Crippen LogP contribution in [0.4, 0.5) is 0 Å². The molecule has 72 valence electrons. The fourth-order valence-electron chi connectivity index (χ4n) is 2.00. The minimum absolute atomic E-state index is 1.24. The Labute approximate surface area is 88.6 Å². The second-order valence-corrected chi connectivity index (χ2v) is 3.89. The molecule has 0 spiro atoms. The summed E-state index contributed by atoms with van der Waals surface area (Å²) in [4.78, 5) is 0. The average Bonchev–Trinajstić information content (AvgIpc) is 2.28. The van der Waals surface area contributed by atoms with Gasteiger partial charge in [-0.2, -0.15) is 4.40 Å². The average molecular weight is 194 g/mol. The zero-order valence-corrected chi connectivity index (χ0v) is 8.64. The third kappa shape index (κ3) is 1.28. The number of para-hydroxylation sites is 1. The van der Waals surface area contributed by atoms with Crippen LogP contribution in [0.5, 0.6) is 0 Å². The third-order valence-electron chi connectivity index (χ3n) is 2.77. The molecule has 0 atom stereocenters. The second kappa shape index (κ2) is 3.06. The van der Waals surface area contributed by atoms with E-state index in [0.717, 1.165) is 0 Å². The van der Waals surface area contributed by atoms with Crippen molar-refractivity contribution >= 4 is 16.4 Å². The molecular weight excluding hydrogens is 182 g/mol. The van der Waals surface area contributed by atoms with Crippen molar-refractivity contribution in [3.8, 4) is 0 Å². The molecule has 0 bridgehead atoms. The molecule has 1 aromatic carbocycles. The molecule has 0 aliphatic heterocycles. The summed E-state index contributed by atoms with van der Waals surface area (Å²) < 4.78 is 2.22. The number of fused-ring (bicyclic) bond motifs is 3. The highest BCUT2D eigenvalue weighted by Gasteiger charge is 2.06. The van der Waals surface area contributed by atoms with Crippen molar-refractivity contribution in [1.29, 1.82) is 0 Å². The number of aryl methyl sites for hydroxylation is 1. The van der Waals surface area contributed by atoms with Crippen LogP contribution in [-0.4, -0.2) is 0 Å². The Morgan fingerprint density at radius 3 is 2.73 bits per heavy atom. The Morgan fingerprint density at radius 1 is 0.933 bits per heavy atom. The quantitative estimate of drug-likeness (QED) is 0.383. The summed E-state index contributed by atoms with van der Waals surface area (Å²) >= 11 is 0. The molecule has 1 heteroatoms. The normalized spacial score (nSPS) is 11.0. The Kier molecular flexibility index (Phi) is 1.72. The Bertz CT molecular complexity index is 641. The summed E-state index contributed by atoms with van der Waals surface area (Å²) in [5.74, 6) is 0. The van der Waals surface area contributed by atoms with E-state index in [9.17, 15) is 0 Å². The molecular formula is C14H12N+. The zero-order valence-electron chi connectivity index (χ0n) is 8.64. The molecule has 0 saturated carbocycles. The van der Waals surface area contributed by atoms with E-state index in [0.29, 0.717) is 0 Å². The van der Waals surface area contributed by atoms with Crippen molar-refractivity contribution in [2.45, 2.75) is 6.92 Å². The summed E-state index contributed by atoms with van der Waals surface area (Å²) in [6.45, 7) is 2.12. The minimum atomic E-state index is 1.24. The van der Waals surface area contributed by atoms with Crippen molar-refractivity contribution in [2.75, 3.05) is 0 Å².